The zero-order chi connectivity index (χ0) is 19.8. The monoisotopic (exact) mass is 464 g/mol. The summed E-state index contributed by atoms with van der Waals surface area (Å²) in [4.78, 5) is 7.08. The van der Waals surface area contributed by atoms with Crippen LogP contribution in [0.25, 0.3) is 0 Å². The van der Waals surface area contributed by atoms with Crippen LogP contribution in [0.15, 0.2) is 45.9 Å². The van der Waals surface area contributed by atoms with E-state index in [1.54, 1.807) is 7.11 Å². The Balaban J connectivity index is 1.61. The van der Waals surface area contributed by atoms with Gasteiger partial charge in [0.05, 0.1) is 18.1 Å². The fraction of sp³-hybridized carbons (Fsp3) is 0.409. The van der Waals surface area contributed by atoms with Crippen molar-refractivity contribution >= 4 is 33.7 Å². The molecule has 0 aromatic heterocycles. The van der Waals surface area contributed by atoms with Crippen molar-refractivity contribution in [2.75, 3.05) is 33.3 Å². The van der Waals surface area contributed by atoms with E-state index in [0.29, 0.717) is 23.1 Å². The molecule has 3 rings (SSSR count). The first-order valence-corrected chi connectivity index (χ1v) is 10.8. The van der Waals surface area contributed by atoms with Gasteiger partial charge in [0.25, 0.3) is 0 Å². The van der Waals surface area contributed by atoms with Crippen LogP contribution in [-0.4, -0.2) is 44.4 Å². The molecule has 0 radical (unpaired) electrons. The quantitative estimate of drug-likeness (QED) is 0.476. The molecule has 2 aromatic rings. The molecule has 0 N–H and O–H groups in total. The Hall–Kier alpha value is -1.56. The molecule has 1 fully saturated rings. The van der Waals surface area contributed by atoms with Crippen molar-refractivity contribution < 1.29 is 9.47 Å². The molecule has 0 atom stereocenters. The molecule has 4 nitrogen and oxygen atoms in total. The lowest BCUT2D eigenvalue weighted by atomic mass is 10.1. The maximum absolute atomic E-state index is 6.04. The summed E-state index contributed by atoms with van der Waals surface area (Å²) in [6, 6.07) is 11.6. The highest BCUT2D eigenvalue weighted by atomic mass is 79.9. The van der Waals surface area contributed by atoms with E-state index in [2.05, 4.69) is 25.8 Å². The van der Waals surface area contributed by atoms with Gasteiger partial charge in [0.1, 0.15) is 6.61 Å². The fourth-order valence-electron chi connectivity index (χ4n) is 3.29. The normalized spacial score (nSPS) is 15.1. The predicted molar refractivity (Wildman–Crippen MR) is 119 cm³/mol. The summed E-state index contributed by atoms with van der Waals surface area (Å²) >= 11 is 9.64. The summed E-state index contributed by atoms with van der Waals surface area (Å²) in [5, 5.41) is 0.697. The number of methoxy groups -OCH3 is 1. The molecule has 1 saturated heterocycles. The van der Waals surface area contributed by atoms with Crippen LogP contribution in [-0.2, 0) is 6.61 Å². The van der Waals surface area contributed by atoms with E-state index in [-0.39, 0.29) is 0 Å². The number of hydrogen-bond donors (Lipinski definition) is 0. The van der Waals surface area contributed by atoms with Gasteiger partial charge in [-0.15, -0.1) is 0 Å². The molecule has 0 spiro atoms. The first kappa shape index (κ1) is 21.2. The minimum atomic E-state index is 0.415. The maximum atomic E-state index is 6.04. The Bertz CT molecular complexity index is 807. The number of piperidine rings is 1. The summed E-state index contributed by atoms with van der Waals surface area (Å²) in [7, 11) is 1.64. The van der Waals surface area contributed by atoms with Crippen LogP contribution in [0.1, 0.15) is 30.4 Å². The molecular formula is C22H26BrClN2O2. The summed E-state index contributed by atoms with van der Waals surface area (Å²) in [6.07, 6.45) is 5.88. The Kier molecular flexibility index (Phi) is 8.19. The lowest BCUT2D eigenvalue weighted by Crippen LogP contribution is -2.31. The highest BCUT2D eigenvalue weighted by molar-refractivity contribution is 9.10. The van der Waals surface area contributed by atoms with Crippen molar-refractivity contribution in [3.05, 3.63) is 57.0 Å². The molecule has 0 bridgehead atoms. The maximum Gasteiger partial charge on any atom is 0.175 e. The van der Waals surface area contributed by atoms with Crippen molar-refractivity contribution in [1.82, 2.24) is 4.90 Å². The first-order chi connectivity index (χ1) is 13.7. The molecule has 0 saturated carbocycles. The summed E-state index contributed by atoms with van der Waals surface area (Å²) in [6.45, 7) is 4.66. The second-order valence-electron chi connectivity index (χ2n) is 6.89. The molecule has 0 amide bonds. The van der Waals surface area contributed by atoms with Crippen LogP contribution in [0.5, 0.6) is 11.5 Å². The van der Waals surface area contributed by atoms with Crippen LogP contribution in [0.3, 0.4) is 0 Å². The van der Waals surface area contributed by atoms with E-state index in [9.17, 15) is 0 Å². The number of hydrogen-bond acceptors (Lipinski definition) is 4. The van der Waals surface area contributed by atoms with Crippen LogP contribution in [0.4, 0.5) is 0 Å². The molecular weight excluding hydrogens is 440 g/mol. The number of likely N-dealkylation sites (tertiary alicyclic amines) is 1. The van der Waals surface area contributed by atoms with Gasteiger partial charge < -0.3 is 14.4 Å². The topological polar surface area (TPSA) is 34.1 Å². The van der Waals surface area contributed by atoms with Gasteiger partial charge in [0, 0.05) is 17.8 Å². The fourth-order valence-corrected chi connectivity index (χ4v) is 4.08. The number of rotatable bonds is 8. The summed E-state index contributed by atoms with van der Waals surface area (Å²) < 4.78 is 12.3. The van der Waals surface area contributed by atoms with E-state index in [1.807, 2.05) is 42.6 Å². The highest BCUT2D eigenvalue weighted by Gasteiger charge is 2.12. The number of nitrogens with zero attached hydrogens (tertiary/aromatic N) is 2. The van der Waals surface area contributed by atoms with Gasteiger partial charge in [0.15, 0.2) is 11.5 Å². The zero-order valence-electron chi connectivity index (χ0n) is 16.2. The Morgan fingerprint density at radius 3 is 2.75 bits per heavy atom. The molecule has 0 unspecified atom stereocenters. The zero-order valence-corrected chi connectivity index (χ0v) is 18.5. The average Bonchev–Trinajstić information content (AvgIpc) is 2.71. The molecule has 1 heterocycles. The molecule has 2 aromatic carbocycles. The van der Waals surface area contributed by atoms with Crippen molar-refractivity contribution in [3.63, 3.8) is 0 Å². The third kappa shape index (κ3) is 6.23. The standard InChI is InChI=1S/C22H26BrClN2O2/c1-27-21-14-18(15-25-8-11-26-9-3-2-4-10-26)13-20(23)22(21)28-16-17-6-5-7-19(24)12-17/h5-7,12-15H,2-4,8-11,16H2,1H3. The molecule has 28 heavy (non-hydrogen) atoms. The van der Waals surface area contributed by atoms with E-state index in [4.69, 9.17) is 21.1 Å². The van der Waals surface area contributed by atoms with Crippen molar-refractivity contribution in [2.24, 2.45) is 4.99 Å². The lowest BCUT2D eigenvalue weighted by Gasteiger charge is -2.25. The molecule has 0 aliphatic carbocycles. The number of halogens is 2. The van der Waals surface area contributed by atoms with E-state index < -0.39 is 0 Å². The van der Waals surface area contributed by atoms with Crippen LogP contribution >= 0.6 is 27.5 Å². The highest BCUT2D eigenvalue weighted by Crippen LogP contribution is 2.37. The van der Waals surface area contributed by atoms with Crippen LogP contribution < -0.4 is 9.47 Å². The lowest BCUT2D eigenvalue weighted by molar-refractivity contribution is 0.235. The molecule has 1 aliphatic rings. The van der Waals surface area contributed by atoms with Crippen LogP contribution in [0, 0.1) is 0 Å². The molecule has 6 heteroatoms. The molecule has 150 valence electrons. The van der Waals surface area contributed by atoms with E-state index >= 15 is 0 Å². The van der Waals surface area contributed by atoms with Gasteiger partial charge in [-0.25, -0.2) is 0 Å². The summed E-state index contributed by atoms with van der Waals surface area (Å²) in [5.74, 6) is 1.35. The minimum Gasteiger partial charge on any atom is -0.493 e. The summed E-state index contributed by atoms with van der Waals surface area (Å²) in [5.41, 5.74) is 1.99. The van der Waals surface area contributed by atoms with Gasteiger partial charge in [0.2, 0.25) is 0 Å². The third-order valence-electron chi connectivity index (χ3n) is 4.76. The average molecular weight is 466 g/mol. The second-order valence-corrected chi connectivity index (χ2v) is 8.18. The van der Waals surface area contributed by atoms with Crippen molar-refractivity contribution in [3.8, 4) is 11.5 Å². The largest absolute Gasteiger partial charge is 0.493 e. The number of aliphatic imine (C=N–C) groups is 1. The Morgan fingerprint density at radius 2 is 2.00 bits per heavy atom. The molecule has 1 aliphatic heterocycles. The van der Waals surface area contributed by atoms with Gasteiger partial charge in [-0.3, -0.25) is 4.99 Å². The predicted octanol–water partition coefficient (Wildman–Crippen LogP) is 5.59. The van der Waals surface area contributed by atoms with Gasteiger partial charge in [-0.1, -0.05) is 30.2 Å². The van der Waals surface area contributed by atoms with Crippen LogP contribution in [0.2, 0.25) is 5.02 Å². The van der Waals surface area contributed by atoms with E-state index in [0.717, 1.165) is 28.7 Å². The second kappa shape index (κ2) is 10.8. The third-order valence-corrected chi connectivity index (χ3v) is 5.58. The van der Waals surface area contributed by atoms with E-state index in [1.165, 1.54) is 32.4 Å². The Morgan fingerprint density at radius 1 is 1.18 bits per heavy atom. The van der Waals surface area contributed by atoms with Gasteiger partial charge in [-0.05, 0) is 77.3 Å². The number of ether oxygens (including phenoxy) is 2. The van der Waals surface area contributed by atoms with Gasteiger partial charge in [-0.2, -0.15) is 0 Å². The van der Waals surface area contributed by atoms with Gasteiger partial charge >= 0.3 is 0 Å². The SMILES string of the molecule is COc1cc(C=NCCN2CCCCC2)cc(Br)c1OCc1cccc(Cl)c1. The number of benzene rings is 2. The van der Waals surface area contributed by atoms with Crippen molar-refractivity contribution in [1.29, 1.82) is 0 Å². The first-order valence-electron chi connectivity index (χ1n) is 9.62. The smallest absolute Gasteiger partial charge is 0.175 e. The Labute approximate surface area is 180 Å². The minimum absolute atomic E-state index is 0.415. The van der Waals surface area contributed by atoms with Crippen molar-refractivity contribution in [2.45, 2.75) is 25.9 Å².